The summed E-state index contributed by atoms with van der Waals surface area (Å²) in [6.07, 6.45) is 42.4. The van der Waals surface area contributed by atoms with Crippen LogP contribution in [0.5, 0.6) is 0 Å². The first kappa shape index (κ1) is 54.4. The minimum absolute atomic E-state index is 0.0646. The van der Waals surface area contributed by atoms with Gasteiger partial charge in [-0.25, -0.2) is 0 Å². The van der Waals surface area contributed by atoms with Crippen molar-refractivity contribution in [2.75, 3.05) is 13.2 Å². The SMILES string of the molecule is CCCCCCCCCCCCCCCCC(=O)O[C@@H](COC(=O)CCCCCCCCCCCCCC(C)C)COC(=O)CCCCCCCCCC(C)C. The highest BCUT2D eigenvalue weighted by atomic mass is 16.6. The lowest BCUT2D eigenvalue weighted by molar-refractivity contribution is -0.167. The zero-order chi connectivity index (χ0) is 41.2. The average molecular weight is 793 g/mol. The number of carbonyl (C=O) groups excluding carboxylic acids is 3. The van der Waals surface area contributed by atoms with E-state index in [9.17, 15) is 14.4 Å². The highest BCUT2D eigenvalue weighted by molar-refractivity contribution is 5.71. The lowest BCUT2D eigenvalue weighted by Gasteiger charge is -2.18. The van der Waals surface area contributed by atoms with Crippen LogP contribution in [0.15, 0.2) is 0 Å². The third kappa shape index (κ3) is 43.5. The highest BCUT2D eigenvalue weighted by Gasteiger charge is 2.19. The second kappa shape index (κ2) is 43.0. The third-order valence-electron chi connectivity index (χ3n) is 11.2. The van der Waals surface area contributed by atoms with Crippen LogP contribution in [0.4, 0.5) is 0 Å². The zero-order valence-electron chi connectivity index (χ0n) is 38.3. The molecule has 0 aliphatic rings. The first-order chi connectivity index (χ1) is 27.2. The molecule has 0 aliphatic carbocycles. The molecule has 0 aliphatic heterocycles. The van der Waals surface area contributed by atoms with Gasteiger partial charge in [0.2, 0.25) is 0 Å². The van der Waals surface area contributed by atoms with Gasteiger partial charge in [-0.1, -0.05) is 234 Å². The summed E-state index contributed by atoms with van der Waals surface area (Å²) in [6, 6.07) is 0. The number of hydrogen-bond acceptors (Lipinski definition) is 6. The summed E-state index contributed by atoms with van der Waals surface area (Å²) in [5.41, 5.74) is 0. The Morgan fingerprint density at radius 3 is 0.875 bits per heavy atom. The quantitative estimate of drug-likeness (QED) is 0.0347. The van der Waals surface area contributed by atoms with E-state index in [0.717, 1.165) is 69.6 Å². The van der Waals surface area contributed by atoms with Crippen LogP contribution in [-0.2, 0) is 28.6 Å². The summed E-state index contributed by atoms with van der Waals surface area (Å²) < 4.78 is 16.8. The maximum atomic E-state index is 12.7. The van der Waals surface area contributed by atoms with Gasteiger partial charge in [0.05, 0.1) is 0 Å². The van der Waals surface area contributed by atoms with Crippen LogP contribution >= 0.6 is 0 Å². The molecule has 0 aromatic heterocycles. The van der Waals surface area contributed by atoms with Gasteiger partial charge in [-0.3, -0.25) is 14.4 Å². The Bertz CT molecular complexity index is 854. The van der Waals surface area contributed by atoms with Gasteiger partial charge in [-0.05, 0) is 31.1 Å². The molecule has 0 N–H and O–H groups in total. The molecule has 332 valence electrons. The lowest BCUT2D eigenvalue weighted by atomic mass is 10.0. The Morgan fingerprint density at radius 1 is 0.339 bits per heavy atom. The van der Waals surface area contributed by atoms with E-state index in [-0.39, 0.29) is 31.1 Å². The van der Waals surface area contributed by atoms with Crippen LogP contribution in [0, 0.1) is 11.8 Å². The normalized spacial score (nSPS) is 12.1. The first-order valence-electron chi connectivity index (χ1n) is 24.7. The van der Waals surface area contributed by atoms with Crippen molar-refractivity contribution in [1.29, 1.82) is 0 Å². The summed E-state index contributed by atoms with van der Waals surface area (Å²) >= 11 is 0. The predicted molar refractivity (Wildman–Crippen MR) is 238 cm³/mol. The molecule has 0 saturated heterocycles. The number of carbonyl (C=O) groups is 3. The average Bonchev–Trinajstić information content (AvgIpc) is 3.16. The Morgan fingerprint density at radius 2 is 0.589 bits per heavy atom. The molecule has 6 heteroatoms. The molecule has 0 rings (SSSR count). The van der Waals surface area contributed by atoms with Crippen LogP contribution in [0.25, 0.3) is 0 Å². The van der Waals surface area contributed by atoms with Crippen molar-refractivity contribution in [3.05, 3.63) is 0 Å². The second-order valence-electron chi connectivity index (χ2n) is 18.1. The number of esters is 3. The fourth-order valence-electron chi connectivity index (χ4n) is 7.46. The van der Waals surface area contributed by atoms with Gasteiger partial charge in [-0.15, -0.1) is 0 Å². The summed E-state index contributed by atoms with van der Waals surface area (Å²) in [5, 5.41) is 0. The molecule has 0 fully saturated rings. The summed E-state index contributed by atoms with van der Waals surface area (Å²) in [7, 11) is 0. The molecule has 0 bridgehead atoms. The molecular formula is C50H96O6. The van der Waals surface area contributed by atoms with Crippen molar-refractivity contribution in [3.63, 3.8) is 0 Å². The van der Waals surface area contributed by atoms with Crippen molar-refractivity contribution in [1.82, 2.24) is 0 Å². The Hall–Kier alpha value is -1.59. The maximum Gasteiger partial charge on any atom is 0.306 e. The summed E-state index contributed by atoms with van der Waals surface area (Å²) in [5.74, 6) is 0.754. The second-order valence-corrected chi connectivity index (χ2v) is 18.1. The highest BCUT2D eigenvalue weighted by Crippen LogP contribution is 2.17. The molecule has 0 amide bonds. The van der Waals surface area contributed by atoms with Gasteiger partial charge >= 0.3 is 17.9 Å². The molecule has 0 spiro atoms. The van der Waals surface area contributed by atoms with E-state index in [4.69, 9.17) is 14.2 Å². The van der Waals surface area contributed by atoms with Crippen molar-refractivity contribution in [3.8, 4) is 0 Å². The van der Waals surface area contributed by atoms with Crippen molar-refractivity contribution >= 4 is 17.9 Å². The molecule has 1 atom stereocenters. The molecule has 0 radical (unpaired) electrons. The van der Waals surface area contributed by atoms with E-state index in [1.807, 2.05) is 0 Å². The van der Waals surface area contributed by atoms with E-state index in [2.05, 4.69) is 34.6 Å². The van der Waals surface area contributed by atoms with E-state index >= 15 is 0 Å². The third-order valence-corrected chi connectivity index (χ3v) is 11.2. The van der Waals surface area contributed by atoms with Gasteiger partial charge in [-0.2, -0.15) is 0 Å². The maximum absolute atomic E-state index is 12.7. The lowest BCUT2D eigenvalue weighted by Crippen LogP contribution is -2.30. The van der Waals surface area contributed by atoms with Crippen molar-refractivity contribution in [2.24, 2.45) is 11.8 Å². The fraction of sp³-hybridized carbons (Fsp3) is 0.940. The fourth-order valence-corrected chi connectivity index (χ4v) is 7.46. The van der Waals surface area contributed by atoms with Crippen LogP contribution in [0.2, 0.25) is 0 Å². The molecule has 6 nitrogen and oxygen atoms in total. The van der Waals surface area contributed by atoms with E-state index in [0.29, 0.717) is 19.3 Å². The van der Waals surface area contributed by atoms with Gasteiger partial charge in [0.15, 0.2) is 6.10 Å². The van der Waals surface area contributed by atoms with Crippen molar-refractivity contribution < 1.29 is 28.6 Å². The zero-order valence-corrected chi connectivity index (χ0v) is 38.3. The molecule has 0 aromatic rings. The molecule has 0 saturated carbocycles. The first-order valence-corrected chi connectivity index (χ1v) is 24.7. The molecule has 0 aromatic carbocycles. The molecule has 0 heterocycles. The number of ether oxygens (including phenoxy) is 3. The number of unbranched alkanes of at least 4 members (excludes halogenated alkanes) is 29. The van der Waals surface area contributed by atoms with Crippen LogP contribution < -0.4 is 0 Å². The van der Waals surface area contributed by atoms with Crippen molar-refractivity contribution in [2.45, 2.75) is 278 Å². The van der Waals surface area contributed by atoms with E-state index in [1.54, 1.807) is 0 Å². The van der Waals surface area contributed by atoms with Gasteiger partial charge < -0.3 is 14.2 Å². The molecule has 56 heavy (non-hydrogen) atoms. The number of hydrogen-bond donors (Lipinski definition) is 0. The van der Waals surface area contributed by atoms with Gasteiger partial charge in [0.1, 0.15) is 13.2 Å². The Labute approximate surface area is 348 Å². The van der Waals surface area contributed by atoms with E-state index in [1.165, 1.54) is 161 Å². The smallest absolute Gasteiger partial charge is 0.306 e. The monoisotopic (exact) mass is 793 g/mol. The minimum Gasteiger partial charge on any atom is -0.462 e. The molecule has 0 unspecified atom stereocenters. The van der Waals surface area contributed by atoms with E-state index < -0.39 is 6.10 Å². The Balaban J connectivity index is 4.31. The standard InChI is InChI=1S/C50H96O6/c1-6-7-8-9-10-11-12-13-14-17-21-26-32-37-42-50(53)56-47(44-55-49(52)41-36-31-27-22-24-29-34-39-46(4)5)43-54-48(51)40-35-30-25-20-18-15-16-19-23-28-33-38-45(2)3/h45-47H,6-44H2,1-5H3/t47-/m0/s1. The predicted octanol–water partition coefficient (Wildman–Crippen LogP) is 15.8. The largest absolute Gasteiger partial charge is 0.462 e. The summed E-state index contributed by atoms with van der Waals surface area (Å²) in [6.45, 7) is 11.3. The minimum atomic E-state index is -0.761. The van der Waals surface area contributed by atoms with Crippen LogP contribution in [0.3, 0.4) is 0 Å². The van der Waals surface area contributed by atoms with Gasteiger partial charge in [0, 0.05) is 19.3 Å². The molecular weight excluding hydrogens is 697 g/mol. The topological polar surface area (TPSA) is 78.9 Å². The van der Waals surface area contributed by atoms with Crippen LogP contribution in [0.1, 0.15) is 272 Å². The number of rotatable bonds is 44. The van der Waals surface area contributed by atoms with Crippen LogP contribution in [-0.4, -0.2) is 37.2 Å². The van der Waals surface area contributed by atoms with Gasteiger partial charge in [0.25, 0.3) is 0 Å². The Kier molecular flexibility index (Phi) is 41.8. The summed E-state index contributed by atoms with van der Waals surface area (Å²) in [4.78, 5) is 37.8.